The average molecular weight is 250 g/mol. The van der Waals surface area contributed by atoms with Crippen LogP contribution in [0.2, 0.25) is 0 Å². The van der Waals surface area contributed by atoms with E-state index in [0.29, 0.717) is 0 Å². The predicted octanol–water partition coefficient (Wildman–Crippen LogP) is 2.53. The zero-order chi connectivity index (χ0) is 13.5. The highest BCUT2D eigenvalue weighted by atomic mass is 16.5. The van der Waals surface area contributed by atoms with E-state index in [1.807, 2.05) is 24.3 Å². The molecular formula is C14H18O4. The number of rotatable bonds is 5. The van der Waals surface area contributed by atoms with Crippen molar-refractivity contribution in [2.24, 2.45) is 5.92 Å². The third-order valence-electron chi connectivity index (χ3n) is 2.57. The first kappa shape index (κ1) is 14.1. The summed E-state index contributed by atoms with van der Waals surface area (Å²) in [6, 6.07) is 5.49. The Hall–Kier alpha value is -1.97. The second kappa shape index (κ2) is 6.69. The standard InChI is InChI=1S/C14H18O4/c1-10(14(15)18-4)5-6-11-9-12(16-2)7-8-13(11)17-3/h5-10H,1-4H3/b6-5+. The van der Waals surface area contributed by atoms with Gasteiger partial charge in [0.05, 0.1) is 27.2 Å². The lowest BCUT2D eigenvalue weighted by Gasteiger charge is -2.08. The van der Waals surface area contributed by atoms with Gasteiger partial charge in [-0.2, -0.15) is 0 Å². The molecule has 1 rings (SSSR count). The predicted molar refractivity (Wildman–Crippen MR) is 69.8 cm³/mol. The minimum Gasteiger partial charge on any atom is -0.497 e. The summed E-state index contributed by atoms with van der Waals surface area (Å²) in [5, 5.41) is 0. The van der Waals surface area contributed by atoms with Gasteiger partial charge in [0.1, 0.15) is 11.5 Å². The monoisotopic (exact) mass is 250 g/mol. The quantitative estimate of drug-likeness (QED) is 0.753. The van der Waals surface area contributed by atoms with Crippen LogP contribution in [0.5, 0.6) is 11.5 Å². The molecule has 0 aliphatic rings. The molecule has 18 heavy (non-hydrogen) atoms. The number of esters is 1. The van der Waals surface area contributed by atoms with Gasteiger partial charge >= 0.3 is 5.97 Å². The van der Waals surface area contributed by atoms with Crippen LogP contribution in [0.3, 0.4) is 0 Å². The van der Waals surface area contributed by atoms with E-state index in [4.69, 9.17) is 9.47 Å². The number of ether oxygens (including phenoxy) is 3. The van der Waals surface area contributed by atoms with Crippen LogP contribution in [0.25, 0.3) is 6.08 Å². The Balaban J connectivity index is 2.94. The molecule has 0 bridgehead atoms. The number of hydrogen-bond donors (Lipinski definition) is 0. The maximum atomic E-state index is 11.3. The van der Waals surface area contributed by atoms with Crippen molar-refractivity contribution in [3.63, 3.8) is 0 Å². The van der Waals surface area contributed by atoms with Crippen molar-refractivity contribution in [2.45, 2.75) is 6.92 Å². The van der Waals surface area contributed by atoms with E-state index >= 15 is 0 Å². The first-order chi connectivity index (χ1) is 8.62. The topological polar surface area (TPSA) is 44.8 Å². The molecule has 0 aliphatic carbocycles. The lowest BCUT2D eigenvalue weighted by Crippen LogP contribution is -2.09. The lowest BCUT2D eigenvalue weighted by molar-refractivity contribution is -0.143. The maximum Gasteiger partial charge on any atom is 0.312 e. The average Bonchev–Trinajstić information content (AvgIpc) is 2.43. The van der Waals surface area contributed by atoms with Gasteiger partial charge < -0.3 is 14.2 Å². The molecule has 1 aromatic carbocycles. The zero-order valence-electron chi connectivity index (χ0n) is 11.1. The molecule has 4 heteroatoms. The third kappa shape index (κ3) is 3.52. The van der Waals surface area contributed by atoms with Crippen molar-refractivity contribution < 1.29 is 19.0 Å². The fraction of sp³-hybridized carbons (Fsp3) is 0.357. The van der Waals surface area contributed by atoms with E-state index < -0.39 is 0 Å². The molecule has 0 spiro atoms. The van der Waals surface area contributed by atoms with Crippen LogP contribution in [0.4, 0.5) is 0 Å². The van der Waals surface area contributed by atoms with Crippen molar-refractivity contribution in [3.05, 3.63) is 29.8 Å². The normalized spacial score (nSPS) is 12.2. The fourth-order valence-corrected chi connectivity index (χ4v) is 1.48. The van der Waals surface area contributed by atoms with E-state index in [1.54, 1.807) is 27.2 Å². The van der Waals surface area contributed by atoms with Crippen LogP contribution < -0.4 is 9.47 Å². The van der Waals surface area contributed by atoms with Crippen LogP contribution in [-0.4, -0.2) is 27.3 Å². The Morgan fingerprint density at radius 2 is 1.94 bits per heavy atom. The summed E-state index contributed by atoms with van der Waals surface area (Å²) >= 11 is 0. The Kier molecular flexibility index (Phi) is 5.24. The van der Waals surface area contributed by atoms with Crippen LogP contribution in [-0.2, 0) is 9.53 Å². The van der Waals surface area contributed by atoms with Crippen LogP contribution >= 0.6 is 0 Å². The van der Waals surface area contributed by atoms with E-state index in [-0.39, 0.29) is 11.9 Å². The maximum absolute atomic E-state index is 11.3. The molecule has 0 N–H and O–H groups in total. The molecule has 1 unspecified atom stereocenters. The number of methoxy groups -OCH3 is 3. The summed E-state index contributed by atoms with van der Waals surface area (Å²) in [5.74, 6) is 0.893. The zero-order valence-corrected chi connectivity index (χ0v) is 11.1. The molecule has 0 aromatic heterocycles. The van der Waals surface area contributed by atoms with E-state index in [1.165, 1.54) is 7.11 Å². The van der Waals surface area contributed by atoms with Crippen LogP contribution in [0.15, 0.2) is 24.3 Å². The molecule has 0 radical (unpaired) electrons. The van der Waals surface area contributed by atoms with Gasteiger partial charge in [-0.25, -0.2) is 0 Å². The smallest absolute Gasteiger partial charge is 0.312 e. The Bertz CT molecular complexity index is 437. The van der Waals surface area contributed by atoms with Gasteiger partial charge in [-0.1, -0.05) is 12.2 Å². The molecule has 0 saturated heterocycles. The van der Waals surface area contributed by atoms with Gasteiger partial charge in [0, 0.05) is 5.56 Å². The van der Waals surface area contributed by atoms with Gasteiger partial charge in [-0.3, -0.25) is 4.79 Å². The van der Waals surface area contributed by atoms with Gasteiger partial charge in [0.15, 0.2) is 0 Å². The summed E-state index contributed by atoms with van der Waals surface area (Å²) in [6.07, 6.45) is 3.59. The molecule has 0 aliphatic heterocycles. The fourth-order valence-electron chi connectivity index (χ4n) is 1.48. The number of benzene rings is 1. The molecule has 0 fully saturated rings. The first-order valence-corrected chi connectivity index (χ1v) is 5.60. The number of carbonyl (C=O) groups is 1. The van der Waals surface area contributed by atoms with Gasteiger partial charge in [-0.15, -0.1) is 0 Å². The van der Waals surface area contributed by atoms with E-state index in [2.05, 4.69) is 4.74 Å². The van der Waals surface area contributed by atoms with Gasteiger partial charge in [0.2, 0.25) is 0 Å². The van der Waals surface area contributed by atoms with Crippen molar-refractivity contribution in [1.29, 1.82) is 0 Å². The van der Waals surface area contributed by atoms with Crippen LogP contribution in [0, 0.1) is 5.92 Å². The number of carbonyl (C=O) groups excluding carboxylic acids is 1. The van der Waals surface area contributed by atoms with Gasteiger partial charge in [0.25, 0.3) is 0 Å². The minimum atomic E-state index is -0.300. The lowest BCUT2D eigenvalue weighted by atomic mass is 10.1. The molecule has 0 saturated carbocycles. The highest BCUT2D eigenvalue weighted by Crippen LogP contribution is 2.25. The van der Waals surface area contributed by atoms with Gasteiger partial charge in [-0.05, 0) is 25.1 Å². The minimum absolute atomic E-state index is 0.270. The van der Waals surface area contributed by atoms with E-state index in [9.17, 15) is 4.79 Å². The number of hydrogen-bond acceptors (Lipinski definition) is 4. The van der Waals surface area contributed by atoms with E-state index in [0.717, 1.165) is 17.1 Å². The van der Waals surface area contributed by atoms with Crippen molar-refractivity contribution in [2.75, 3.05) is 21.3 Å². The summed E-state index contributed by atoms with van der Waals surface area (Å²) < 4.78 is 15.0. The molecule has 1 aromatic rings. The molecular weight excluding hydrogens is 232 g/mol. The SMILES string of the molecule is COC(=O)C(C)/C=C/c1cc(OC)ccc1OC. The third-order valence-corrected chi connectivity index (χ3v) is 2.57. The highest BCUT2D eigenvalue weighted by molar-refractivity contribution is 5.75. The summed E-state index contributed by atoms with van der Waals surface area (Å²) in [4.78, 5) is 11.3. The van der Waals surface area contributed by atoms with Crippen LogP contribution in [0.1, 0.15) is 12.5 Å². The Morgan fingerprint density at radius 3 is 2.50 bits per heavy atom. The van der Waals surface area contributed by atoms with Crippen molar-refractivity contribution in [1.82, 2.24) is 0 Å². The van der Waals surface area contributed by atoms with Crippen molar-refractivity contribution >= 4 is 12.0 Å². The molecule has 0 heterocycles. The highest BCUT2D eigenvalue weighted by Gasteiger charge is 2.09. The molecule has 1 atom stereocenters. The second-order valence-corrected chi connectivity index (χ2v) is 3.78. The molecule has 0 amide bonds. The largest absolute Gasteiger partial charge is 0.497 e. The molecule has 98 valence electrons. The summed E-state index contributed by atoms with van der Waals surface area (Å²) in [7, 11) is 4.58. The van der Waals surface area contributed by atoms with Crippen molar-refractivity contribution in [3.8, 4) is 11.5 Å². The second-order valence-electron chi connectivity index (χ2n) is 3.78. The first-order valence-electron chi connectivity index (χ1n) is 5.60. The Morgan fingerprint density at radius 1 is 1.22 bits per heavy atom. The Labute approximate surface area is 107 Å². The summed E-state index contributed by atoms with van der Waals surface area (Å²) in [6.45, 7) is 1.77. The molecule has 4 nitrogen and oxygen atoms in total. The summed E-state index contributed by atoms with van der Waals surface area (Å²) in [5.41, 5.74) is 0.854.